The minimum absolute atomic E-state index is 0.0177. The van der Waals surface area contributed by atoms with Gasteiger partial charge in [-0.15, -0.1) is 0 Å². The largest absolute Gasteiger partial charge is 0.487 e. The maximum atomic E-state index is 6.63. The molecule has 3 aliphatic rings. The van der Waals surface area contributed by atoms with Crippen LogP contribution in [-0.2, 0) is 6.54 Å². The predicted molar refractivity (Wildman–Crippen MR) is 107 cm³/mol. The molecular formula is C23H29N3O. The lowest BCUT2D eigenvalue weighted by Gasteiger charge is -2.47. The Labute approximate surface area is 161 Å². The van der Waals surface area contributed by atoms with Gasteiger partial charge < -0.3 is 15.0 Å². The van der Waals surface area contributed by atoms with Crippen LogP contribution in [-0.4, -0.2) is 35.1 Å². The van der Waals surface area contributed by atoms with E-state index in [-0.39, 0.29) is 5.60 Å². The van der Waals surface area contributed by atoms with Gasteiger partial charge in [0.2, 0.25) is 0 Å². The number of pyridine rings is 1. The zero-order chi connectivity index (χ0) is 18.1. The van der Waals surface area contributed by atoms with Crippen molar-refractivity contribution in [2.24, 2.45) is 5.92 Å². The van der Waals surface area contributed by atoms with Crippen LogP contribution in [0.25, 0.3) is 0 Å². The SMILES string of the molecule is c1ccc(CNC2CC3(CCN(CC4CC4)CC3)Oc3ccccc32)nc1. The minimum Gasteiger partial charge on any atom is -0.487 e. The molecule has 27 heavy (non-hydrogen) atoms. The second-order valence-corrected chi connectivity index (χ2v) is 8.53. The highest BCUT2D eigenvalue weighted by molar-refractivity contribution is 5.39. The summed E-state index contributed by atoms with van der Waals surface area (Å²) in [4.78, 5) is 7.12. The first kappa shape index (κ1) is 17.2. The second-order valence-electron chi connectivity index (χ2n) is 8.53. The average molecular weight is 364 g/mol. The molecule has 1 unspecified atom stereocenters. The molecule has 1 saturated carbocycles. The van der Waals surface area contributed by atoms with E-state index < -0.39 is 0 Å². The smallest absolute Gasteiger partial charge is 0.124 e. The molecule has 4 nitrogen and oxygen atoms in total. The van der Waals surface area contributed by atoms with Crippen molar-refractivity contribution < 1.29 is 4.74 Å². The molecule has 1 spiro atoms. The molecule has 1 N–H and O–H groups in total. The zero-order valence-corrected chi connectivity index (χ0v) is 15.9. The quantitative estimate of drug-likeness (QED) is 0.873. The lowest BCUT2D eigenvalue weighted by Crippen LogP contribution is -2.52. The predicted octanol–water partition coefficient (Wildman–Crippen LogP) is 3.94. The molecule has 2 fully saturated rings. The molecule has 1 atom stereocenters. The van der Waals surface area contributed by atoms with Crippen molar-refractivity contribution in [3.05, 3.63) is 59.9 Å². The molecule has 3 heterocycles. The van der Waals surface area contributed by atoms with Crippen molar-refractivity contribution in [1.29, 1.82) is 0 Å². The van der Waals surface area contributed by atoms with E-state index in [9.17, 15) is 0 Å². The average Bonchev–Trinajstić information content (AvgIpc) is 3.53. The molecule has 0 bridgehead atoms. The number of aromatic nitrogens is 1. The fourth-order valence-electron chi connectivity index (χ4n) is 4.65. The number of benzene rings is 1. The van der Waals surface area contributed by atoms with Crippen molar-refractivity contribution >= 4 is 0 Å². The highest BCUT2D eigenvalue weighted by Gasteiger charge is 2.43. The van der Waals surface area contributed by atoms with E-state index in [4.69, 9.17) is 4.74 Å². The van der Waals surface area contributed by atoms with Gasteiger partial charge in [0.15, 0.2) is 0 Å². The Morgan fingerprint density at radius 1 is 1.07 bits per heavy atom. The molecule has 1 aromatic heterocycles. The number of rotatable bonds is 5. The number of piperidine rings is 1. The Hall–Kier alpha value is -1.91. The van der Waals surface area contributed by atoms with E-state index in [1.807, 2.05) is 12.3 Å². The number of ether oxygens (including phenoxy) is 1. The van der Waals surface area contributed by atoms with Gasteiger partial charge in [0.25, 0.3) is 0 Å². The lowest BCUT2D eigenvalue weighted by atomic mass is 9.80. The van der Waals surface area contributed by atoms with Crippen LogP contribution in [0.15, 0.2) is 48.7 Å². The maximum absolute atomic E-state index is 6.63. The number of likely N-dealkylation sites (tertiary alicyclic amines) is 1. The number of hydrogen-bond acceptors (Lipinski definition) is 4. The summed E-state index contributed by atoms with van der Waals surface area (Å²) in [5, 5.41) is 3.76. The zero-order valence-electron chi connectivity index (χ0n) is 15.9. The van der Waals surface area contributed by atoms with Crippen LogP contribution in [0, 0.1) is 5.92 Å². The molecule has 142 valence electrons. The minimum atomic E-state index is -0.0177. The highest BCUT2D eigenvalue weighted by atomic mass is 16.5. The van der Waals surface area contributed by atoms with Crippen LogP contribution < -0.4 is 10.1 Å². The van der Waals surface area contributed by atoms with Crippen LogP contribution in [0.3, 0.4) is 0 Å². The van der Waals surface area contributed by atoms with Crippen LogP contribution in [0.2, 0.25) is 0 Å². The summed E-state index contributed by atoms with van der Waals surface area (Å²) in [6.45, 7) is 4.44. The van der Waals surface area contributed by atoms with E-state index in [0.717, 1.165) is 43.2 Å². The number of nitrogens with zero attached hydrogens (tertiary/aromatic N) is 2. The van der Waals surface area contributed by atoms with Gasteiger partial charge in [-0.25, -0.2) is 0 Å². The molecule has 1 aromatic carbocycles. The van der Waals surface area contributed by atoms with Crippen LogP contribution in [0.1, 0.15) is 49.4 Å². The normalized spacial score (nSPS) is 24.4. The van der Waals surface area contributed by atoms with Crippen molar-refractivity contribution in [3.63, 3.8) is 0 Å². The molecule has 1 aliphatic carbocycles. The van der Waals surface area contributed by atoms with Gasteiger partial charge in [0.1, 0.15) is 11.4 Å². The van der Waals surface area contributed by atoms with Crippen LogP contribution in [0.4, 0.5) is 0 Å². The van der Waals surface area contributed by atoms with Crippen molar-refractivity contribution in [3.8, 4) is 5.75 Å². The maximum Gasteiger partial charge on any atom is 0.124 e. The molecule has 5 rings (SSSR count). The Balaban J connectivity index is 1.30. The Morgan fingerprint density at radius 2 is 1.89 bits per heavy atom. The van der Waals surface area contributed by atoms with Gasteiger partial charge in [-0.3, -0.25) is 4.98 Å². The summed E-state index contributed by atoms with van der Waals surface area (Å²) in [7, 11) is 0. The third-order valence-corrected chi connectivity index (χ3v) is 6.43. The fourth-order valence-corrected chi connectivity index (χ4v) is 4.65. The van der Waals surface area contributed by atoms with Crippen molar-refractivity contribution in [2.75, 3.05) is 19.6 Å². The first-order chi connectivity index (χ1) is 13.3. The monoisotopic (exact) mass is 363 g/mol. The molecule has 2 aromatic rings. The van der Waals surface area contributed by atoms with Crippen molar-refractivity contribution in [1.82, 2.24) is 15.2 Å². The summed E-state index contributed by atoms with van der Waals surface area (Å²) in [6, 6.07) is 15.0. The van der Waals surface area contributed by atoms with E-state index in [2.05, 4.69) is 51.6 Å². The highest BCUT2D eigenvalue weighted by Crippen LogP contribution is 2.44. The van der Waals surface area contributed by atoms with Crippen LogP contribution in [0.5, 0.6) is 5.75 Å². The Morgan fingerprint density at radius 3 is 2.67 bits per heavy atom. The van der Waals surface area contributed by atoms with E-state index in [0.29, 0.717) is 6.04 Å². The van der Waals surface area contributed by atoms with Gasteiger partial charge in [-0.05, 0) is 49.8 Å². The topological polar surface area (TPSA) is 37.4 Å². The van der Waals surface area contributed by atoms with E-state index >= 15 is 0 Å². The van der Waals surface area contributed by atoms with Gasteiger partial charge in [0.05, 0.1) is 5.69 Å². The third-order valence-electron chi connectivity index (χ3n) is 6.43. The standard InChI is InChI=1S/C23H29N3O/c1-2-7-22-20(6-1)21(25-16-19-5-3-4-12-24-19)15-23(27-22)10-13-26(14-11-23)17-18-8-9-18/h1-7,12,18,21,25H,8-11,13-17H2. The summed E-state index contributed by atoms with van der Waals surface area (Å²) >= 11 is 0. The molecule has 0 amide bonds. The van der Waals surface area contributed by atoms with E-state index in [1.165, 1.54) is 38.0 Å². The number of para-hydroxylation sites is 1. The number of fused-ring (bicyclic) bond motifs is 1. The first-order valence-electron chi connectivity index (χ1n) is 10.4. The van der Waals surface area contributed by atoms with Crippen molar-refractivity contribution in [2.45, 2.75) is 50.3 Å². The first-order valence-corrected chi connectivity index (χ1v) is 10.4. The van der Waals surface area contributed by atoms with Gasteiger partial charge in [-0.2, -0.15) is 0 Å². The van der Waals surface area contributed by atoms with Gasteiger partial charge in [0, 0.05) is 50.4 Å². The second kappa shape index (κ2) is 7.25. The summed E-state index contributed by atoms with van der Waals surface area (Å²) in [5.41, 5.74) is 2.37. The Kier molecular flexibility index (Phi) is 4.62. The molecule has 0 radical (unpaired) electrons. The summed E-state index contributed by atoms with van der Waals surface area (Å²) in [6.07, 6.45) is 8.06. The summed E-state index contributed by atoms with van der Waals surface area (Å²) in [5.74, 6) is 2.04. The Bertz CT molecular complexity index is 766. The number of nitrogens with one attached hydrogen (secondary N) is 1. The third kappa shape index (κ3) is 3.87. The van der Waals surface area contributed by atoms with Crippen LogP contribution >= 0.6 is 0 Å². The summed E-state index contributed by atoms with van der Waals surface area (Å²) < 4.78 is 6.63. The fraction of sp³-hybridized carbons (Fsp3) is 0.522. The van der Waals surface area contributed by atoms with E-state index in [1.54, 1.807) is 0 Å². The lowest BCUT2D eigenvalue weighted by molar-refractivity contribution is -0.0263. The van der Waals surface area contributed by atoms with Gasteiger partial charge >= 0.3 is 0 Å². The molecule has 2 aliphatic heterocycles. The molecule has 4 heteroatoms. The van der Waals surface area contributed by atoms with Gasteiger partial charge in [-0.1, -0.05) is 24.3 Å². The molecule has 1 saturated heterocycles. The number of hydrogen-bond donors (Lipinski definition) is 1. The molecular weight excluding hydrogens is 334 g/mol.